The maximum atomic E-state index is 6.07. The highest BCUT2D eigenvalue weighted by molar-refractivity contribution is 8.14. The highest BCUT2D eigenvalue weighted by Gasteiger charge is 2.22. The standard InChI is InChI=1S/C28H44ClN3S2/c1-2-3-4-5-6-7-8-9-10-11-12-13-14-15-16-17-21-30-28-32(22-23-34-28)27(33)31-26-20-18-19-25(29)24-26/h17-21,24H,2-16,22-23H2,1H3,(H,31,33). The third-order valence-corrected chi connectivity index (χ3v) is 7.64. The number of nitrogens with one attached hydrogen (secondary N) is 1. The number of halogens is 1. The summed E-state index contributed by atoms with van der Waals surface area (Å²) in [5.41, 5.74) is 0.905. The van der Waals surface area contributed by atoms with Crippen molar-refractivity contribution in [2.24, 2.45) is 4.99 Å². The monoisotopic (exact) mass is 521 g/mol. The fourth-order valence-electron chi connectivity index (χ4n) is 4.10. The van der Waals surface area contributed by atoms with Crippen molar-refractivity contribution in [3.63, 3.8) is 0 Å². The number of thioether (sulfide) groups is 1. The zero-order chi connectivity index (χ0) is 24.3. The molecule has 0 spiro atoms. The number of anilines is 1. The molecule has 0 aliphatic carbocycles. The Bertz CT molecular complexity index is 751. The van der Waals surface area contributed by atoms with Gasteiger partial charge in [0.2, 0.25) is 0 Å². The largest absolute Gasteiger partial charge is 0.332 e. The van der Waals surface area contributed by atoms with Gasteiger partial charge in [-0.2, -0.15) is 0 Å². The lowest BCUT2D eigenvalue weighted by Gasteiger charge is -2.19. The van der Waals surface area contributed by atoms with Gasteiger partial charge in [-0.1, -0.05) is 126 Å². The Kier molecular flexibility index (Phi) is 16.5. The van der Waals surface area contributed by atoms with Crippen LogP contribution in [0.25, 0.3) is 0 Å². The minimum absolute atomic E-state index is 0.673. The Hall–Kier alpha value is -1.04. The maximum absolute atomic E-state index is 6.07. The van der Waals surface area contributed by atoms with Crippen molar-refractivity contribution >= 4 is 51.5 Å². The Morgan fingerprint density at radius 1 is 1.00 bits per heavy atom. The van der Waals surface area contributed by atoms with Crippen LogP contribution >= 0.6 is 35.6 Å². The molecule has 1 heterocycles. The Labute approximate surface area is 223 Å². The molecule has 1 aromatic rings. The molecule has 3 nitrogen and oxygen atoms in total. The van der Waals surface area contributed by atoms with E-state index < -0.39 is 0 Å². The summed E-state index contributed by atoms with van der Waals surface area (Å²) in [6.07, 6.45) is 24.8. The summed E-state index contributed by atoms with van der Waals surface area (Å²) in [4.78, 5) is 6.73. The minimum atomic E-state index is 0.673. The van der Waals surface area contributed by atoms with E-state index in [9.17, 15) is 0 Å². The second-order valence-corrected chi connectivity index (χ2v) is 11.0. The Balaban J connectivity index is 1.48. The SMILES string of the molecule is CCCCCCCCCCCCCCCCC=CN=C1SCCN1C(=S)Nc1cccc(Cl)c1. The van der Waals surface area contributed by atoms with Crippen molar-refractivity contribution in [1.29, 1.82) is 0 Å². The lowest BCUT2D eigenvalue weighted by molar-refractivity contribution is 0.536. The number of rotatable bonds is 17. The predicted octanol–water partition coefficient (Wildman–Crippen LogP) is 9.83. The molecular weight excluding hydrogens is 478 g/mol. The Morgan fingerprint density at radius 2 is 1.62 bits per heavy atom. The van der Waals surface area contributed by atoms with Gasteiger partial charge in [-0.05, 0) is 43.3 Å². The van der Waals surface area contributed by atoms with Crippen molar-refractivity contribution in [2.45, 2.75) is 103 Å². The zero-order valence-corrected chi connectivity index (χ0v) is 23.5. The highest BCUT2D eigenvalue weighted by Crippen LogP contribution is 2.21. The van der Waals surface area contributed by atoms with Crippen molar-refractivity contribution in [3.8, 4) is 0 Å². The lowest BCUT2D eigenvalue weighted by Crippen LogP contribution is -2.35. The fraction of sp³-hybridized carbons (Fsp3) is 0.643. The van der Waals surface area contributed by atoms with E-state index >= 15 is 0 Å². The fourth-order valence-corrected chi connectivity index (χ4v) is 5.58. The van der Waals surface area contributed by atoms with Crippen molar-refractivity contribution in [2.75, 3.05) is 17.6 Å². The summed E-state index contributed by atoms with van der Waals surface area (Å²) in [5, 5.41) is 5.61. The number of benzene rings is 1. The van der Waals surface area contributed by atoms with Gasteiger partial charge >= 0.3 is 0 Å². The molecule has 1 aliphatic rings. The van der Waals surface area contributed by atoms with Gasteiger partial charge in [-0.15, -0.1) is 0 Å². The predicted molar refractivity (Wildman–Crippen MR) is 158 cm³/mol. The van der Waals surface area contributed by atoms with Gasteiger partial charge in [0.1, 0.15) is 0 Å². The number of hydrogen-bond acceptors (Lipinski definition) is 3. The van der Waals surface area contributed by atoms with E-state index in [1.165, 1.54) is 89.9 Å². The van der Waals surface area contributed by atoms with Crippen LogP contribution < -0.4 is 5.32 Å². The molecule has 0 radical (unpaired) electrons. The minimum Gasteiger partial charge on any atom is -0.332 e. The van der Waals surface area contributed by atoms with Crippen LogP contribution in [0.5, 0.6) is 0 Å². The Morgan fingerprint density at radius 3 is 2.24 bits per heavy atom. The van der Waals surface area contributed by atoms with Gasteiger partial charge in [-0.25, -0.2) is 4.99 Å². The number of aliphatic imine (C=N–C) groups is 1. The van der Waals surface area contributed by atoms with Crippen LogP contribution in [0.1, 0.15) is 103 Å². The zero-order valence-electron chi connectivity index (χ0n) is 21.1. The average Bonchev–Trinajstić information content (AvgIpc) is 3.30. The second-order valence-electron chi connectivity index (χ2n) is 9.12. The van der Waals surface area contributed by atoms with E-state index in [1.54, 1.807) is 11.8 Å². The van der Waals surface area contributed by atoms with Crippen LogP contribution in [-0.2, 0) is 0 Å². The summed E-state index contributed by atoms with van der Waals surface area (Å²) in [6.45, 7) is 3.17. The molecule has 0 bridgehead atoms. The summed E-state index contributed by atoms with van der Waals surface area (Å²) >= 11 is 13.4. The number of hydrogen-bond donors (Lipinski definition) is 1. The summed E-state index contributed by atoms with van der Waals surface area (Å²) in [6, 6.07) is 7.62. The van der Waals surface area contributed by atoms with Crippen molar-refractivity contribution in [3.05, 3.63) is 41.6 Å². The molecule has 34 heavy (non-hydrogen) atoms. The lowest BCUT2D eigenvalue weighted by atomic mass is 10.0. The third-order valence-electron chi connectivity index (χ3n) is 6.11. The molecule has 0 amide bonds. The number of unbranched alkanes of at least 4 members (excludes halogenated alkanes) is 14. The highest BCUT2D eigenvalue weighted by atomic mass is 35.5. The van der Waals surface area contributed by atoms with E-state index in [1.807, 2.05) is 30.5 Å². The molecule has 0 atom stereocenters. The molecular formula is C28H44ClN3S2. The smallest absolute Gasteiger partial charge is 0.179 e. The molecule has 1 aromatic carbocycles. The van der Waals surface area contributed by atoms with Crippen LogP contribution in [-0.4, -0.2) is 27.5 Å². The van der Waals surface area contributed by atoms with E-state index in [4.69, 9.17) is 23.8 Å². The molecule has 6 heteroatoms. The summed E-state index contributed by atoms with van der Waals surface area (Å²) in [7, 11) is 0. The van der Waals surface area contributed by atoms with Crippen LogP contribution in [0, 0.1) is 0 Å². The molecule has 1 fully saturated rings. The average molecular weight is 522 g/mol. The first-order valence-electron chi connectivity index (χ1n) is 13.4. The first kappa shape index (κ1) is 29.2. The number of amidine groups is 1. The summed E-state index contributed by atoms with van der Waals surface area (Å²) in [5.74, 6) is 1.00. The molecule has 0 aromatic heterocycles. The van der Waals surface area contributed by atoms with Gasteiger partial charge < -0.3 is 5.32 Å². The van der Waals surface area contributed by atoms with Gasteiger partial charge in [0.25, 0.3) is 0 Å². The maximum Gasteiger partial charge on any atom is 0.179 e. The first-order chi connectivity index (χ1) is 16.7. The molecule has 1 saturated heterocycles. The summed E-state index contributed by atoms with van der Waals surface area (Å²) < 4.78 is 0. The van der Waals surface area contributed by atoms with Gasteiger partial charge in [-0.3, -0.25) is 4.90 Å². The number of nitrogens with zero attached hydrogens (tertiary/aromatic N) is 2. The van der Waals surface area contributed by atoms with Crippen LogP contribution in [0.3, 0.4) is 0 Å². The number of allylic oxidation sites excluding steroid dienone is 1. The van der Waals surface area contributed by atoms with Gasteiger partial charge in [0.15, 0.2) is 10.3 Å². The number of thiocarbonyl (C=S) groups is 1. The molecule has 2 rings (SSSR count). The molecule has 1 N–H and O–H groups in total. The van der Waals surface area contributed by atoms with Gasteiger partial charge in [0, 0.05) is 29.2 Å². The quantitative estimate of drug-likeness (QED) is 0.163. The van der Waals surface area contributed by atoms with E-state index in [0.29, 0.717) is 10.1 Å². The van der Waals surface area contributed by atoms with E-state index in [0.717, 1.165) is 29.6 Å². The van der Waals surface area contributed by atoms with E-state index in [2.05, 4.69) is 28.2 Å². The second kappa shape index (κ2) is 19.2. The molecule has 190 valence electrons. The van der Waals surface area contributed by atoms with Gasteiger partial charge in [0.05, 0.1) is 0 Å². The molecule has 0 saturated carbocycles. The van der Waals surface area contributed by atoms with Crippen molar-refractivity contribution < 1.29 is 0 Å². The first-order valence-corrected chi connectivity index (χ1v) is 15.2. The molecule has 1 aliphatic heterocycles. The van der Waals surface area contributed by atoms with Crippen LogP contribution in [0.2, 0.25) is 5.02 Å². The third kappa shape index (κ3) is 13.2. The van der Waals surface area contributed by atoms with E-state index in [-0.39, 0.29) is 0 Å². The normalized spacial score (nSPS) is 15.0. The van der Waals surface area contributed by atoms with Crippen LogP contribution in [0.15, 0.2) is 41.5 Å². The van der Waals surface area contributed by atoms with Crippen molar-refractivity contribution in [1.82, 2.24) is 4.90 Å². The molecule has 0 unspecified atom stereocenters. The topological polar surface area (TPSA) is 27.6 Å². The van der Waals surface area contributed by atoms with Crippen LogP contribution in [0.4, 0.5) is 5.69 Å².